The summed E-state index contributed by atoms with van der Waals surface area (Å²) >= 11 is 0. The zero-order valence-corrected chi connectivity index (χ0v) is 15.1. The van der Waals surface area contributed by atoms with Gasteiger partial charge in [0.15, 0.2) is 0 Å². The molecule has 0 saturated carbocycles. The Kier molecular flexibility index (Phi) is 5.56. The number of anilines is 1. The van der Waals surface area contributed by atoms with Crippen molar-refractivity contribution in [2.24, 2.45) is 5.10 Å². The molecule has 0 aliphatic rings. The topological polar surface area (TPSA) is 83.0 Å². The maximum absolute atomic E-state index is 12.3. The Bertz CT molecular complexity index is 985. The lowest BCUT2D eigenvalue weighted by Gasteiger charge is -2.15. The first kappa shape index (κ1) is 18.3. The number of phenols is 1. The lowest BCUT2D eigenvalue weighted by molar-refractivity contribution is -0.121. The number of hydrazone groups is 1. The summed E-state index contributed by atoms with van der Waals surface area (Å²) in [6.45, 7) is 1.73. The molecule has 0 aliphatic carbocycles. The van der Waals surface area contributed by atoms with Gasteiger partial charge in [-0.25, -0.2) is 5.43 Å². The SMILES string of the molecule is COc1ccccc1NC(C)C(=O)NN=Cc1c(O)ccc2ccccc12. The first-order chi connectivity index (χ1) is 13.1. The third-order valence-corrected chi connectivity index (χ3v) is 4.19. The van der Waals surface area contributed by atoms with Gasteiger partial charge in [-0.15, -0.1) is 0 Å². The number of aromatic hydroxyl groups is 1. The zero-order valence-electron chi connectivity index (χ0n) is 15.1. The van der Waals surface area contributed by atoms with Gasteiger partial charge in [0, 0.05) is 5.56 Å². The molecule has 0 saturated heterocycles. The molecule has 27 heavy (non-hydrogen) atoms. The predicted molar refractivity (Wildman–Crippen MR) is 107 cm³/mol. The van der Waals surface area contributed by atoms with Crippen molar-refractivity contribution in [1.82, 2.24) is 5.43 Å². The number of nitrogens with zero attached hydrogens (tertiary/aromatic N) is 1. The van der Waals surface area contributed by atoms with E-state index in [1.54, 1.807) is 20.1 Å². The van der Waals surface area contributed by atoms with Crippen molar-refractivity contribution in [1.29, 1.82) is 0 Å². The van der Waals surface area contributed by atoms with E-state index in [2.05, 4.69) is 15.8 Å². The van der Waals surface area contributed by atoms with Crippen molar-refractivity contribution in [2.75, 3.05) is 12.4 Å². The summed E-state index contributed by atoms with van der Waals surface area (Å²) in [4.78, 5) is 12.3. The van der Waals surface area contributed by atoms with E-state index in [0.29, 0.717) is 11.3 Å². The molecule has 3 aromatic rings. The van der Waals surface area contributed by atoms with E-state index in [0.717, 1.165) is 16.5 Å². The van der Waals surface area contributed by atoms with E-state index in [9.17, 15) is 9.90 Å². The monoisotopic (exact) mass is 363 g/mol. The van der Waals surface area contributed by atoms with E-state index in [4.69, 9.17) is 4.74 Å². The quantitative estimate of drug-likeness (QED) is 0.462. The molecule has 1 atom stereocenters. The van der Waals surface area contributed by atoms with Crippen LogP contribution in [-0.2, 0) is 4.79 Å². The van der Waals surface area contributed by atoms with Gasteiger partial charge in [0.05, 0.1) is 19.0 Å². The first-order valence-electron chi connectivity index (χ1n) is 8.53. The van der Waals surface area contributed by atoms with Crippen molar-refractivity contribution in [3.63, 3.8) is 0 Å². The Morgan fingerprint density at radius 3 is 2.67 bits per heavy atom. The summed E-state index contributed by atoms with van der Waals surface area (Å²) < 4.78 is 5.27. The number of benzene rings is 3. The minimum atomic E-state index is -0.528. The summed E-state index contributed by atoms with van der Waals surface area (Å²) in [5.41, 5.74) is 3.77. The fraction of sp³-hybridized carbons (Fsp3) is 0.143. The number of para-hydroxylation sites is 2. The highest BCUT2D eigenvalue weighted by Crippen LogP contribution is 2.25. The molecule has 3 N–H and O–H groups in total. The van der Waals surface area contributed by atoms with Gasteiger partial charge in [-0.2, -0.15) is 5.10 Å². The number of hydrogen-bond acceptors (Lipinski definition) is 5. The minimum Gasteiger partial charge on any atom is -0.507 e. The van der Waals surface area contributed by atoms with Crippen LogP contribution in [-0.4, -0.2) is 30.4 Å². The molecule has 3 rings (SSSR count). The van der Waals surface area contributed by atoms with Crippen molar-refractivity contribution in [2.45, 2.75) is 13.0 Å². The number of hydrogen-bond donors (Lipinski definition) is 3. The molecule has 138 valence electrons. The second-order valence-electron chi connectivity index (χ2n) is 6.02. The van der Waals surface area contributed by atoms with Gasteiger partial charge in [0.1, 0.15) is 17.5 Å². The Morgan fingerprint density at radius 2 is 1.85 bits per heavy atom. The largest absolute Gasteiger partial charge is 0.507 e. The summed E-state index contributed by atoms with van der Waals surface area (Å²) in [5.74, 6) is 0.449. The second-order valence-corrected chi connectivity index (χ2v) is 6.02. The van der Waals surface area contributed by atoms with Crippen LogP contribution >= 0.6 is 0 Å². The Balaban J connectivity index is 1.69. The fourth-order valence-corrected chi connectivity index (χ4v) is 2.74. The van der Waals surface area contributed by atoms with Crippen LogP contribution in [0.4, 0.5) is 5.69 Å². The number of methoxy groups -OCH3 is 1. The molecule has 3 aromatic carbocycles. The van der Waals surface area contributed by atoms with Crippen LogP contribution in [0.3, 0.4) is 0 Å². The van der Waals surface area contributed by atoms with Gasteiger partial charge in [-0.1, -0.05) is 42.5 Å². The standard InChI is InChI=1S/C21H21N3O3/c1-14(23-18-9-5-6-10-20(18)27-2)21(26)24-22-13-17-16-8-4-3-7-15(16)11-12-19(17)25/h3-14,23,25H,1-2H3,(H,24,26). The van der Waals surface area contributed by atoms with Crippen molar-refractivity contribution < 1.29 is 14.6 Å². The second kappa shape index (κ2) is 8.23. The maximum atomic E-state index is 12.3. The number of ether oxygens (including phenoxy) is 1. The summed E-state index contributed by atoms with van der Waals surface area (Å²) in [6, 6.07) is 17.9. The lowest BCUT2D eigenvalue weighted by atomic mass is 10.0. The lowest BCUT2D eigenvalue weighted by Crippen LogP contribution is -2.35. The van der Waals surface area contributed by atoms with E-state index in [1.165, 1.54) is 6.21 Å². The maximum Gasteiger partial charge on any atom is 0.262 e. The highest BCUT2D eigenvalue weighted by Gasteiger charge is 2.14. The average molecular weight is 363 g/mol. The number of carbonyl (C=O) groups is 1. The van der Waals surface area contributed by atoms with Crippen LogP contribution in [0.1, 0.15) is 12.5 Å². The van der Waals surface area contributed by atoms with Crippen LogP contribution in [0.2, 0.25) is 0 Å². The van der Waals surface area contributed by atoms with Gasteiger partial charge in [-0.3, -0.25) is 4.79 Å². The Hall–Kier alpha value is -3.54. The molecule has 6 nitrogen and oxygen atoms in total. The summed E-state index contributed by atoms with van der Waals surface area (Å²) in [5, 5.41) is 19.0. The molecule has 1 amide bonds. The fourth-order valence-electron chi connectivity index (χ4n) is 2.74. The highest BCUT2D eigenvalue weighted by atomic mass is 16.5. The number of amides is 1. The zero-order chi connectivity index (χ0) is 19.2. The molecule has 1 unspecified atom stereocenters. The van der Waals surface area contributed by atoms with Gasteiger partial charge in [0.25, 0.3) is 5.91 Å². The third kappa shape index (κ3) is 4.17. The van der Waals surface area contributed by atoms with Crippen LogP contribution in [0.25, 0.3) is 10.8 Å². The molecular weight excluding hydrogens is 342 g/mol. The first-order valence-corrected chi connectivity index (χ1v) is 8.53. The molecule has 0 radical (unpaired) electrons. The van der Waals surface area contributed by atoms with E-state index in [-0.39, 0.29) is 11.7 Å². The molecule has 0 bridgehead atoms. The van der Waals surface area contributed by atoms with E-state index < -0.39 is 6.04 Å². The van der Waals surface area contributed by atoms with Gasteiger partial charge < -0.3 is 15.2 Å². The molecular formula is C21H21N3O3. The molecule has 0 heterocycles. The van der Waals surface area contributed by atoms with E-state index in [1.807, 2.05) is 54.6 Å². The molecule has 6 heteroatoms. The van der Waals surface area contributed by atoms with Crippen molar-refractivity contribution in [3.05, 3.63) is 66.2 Å². The molecule has 0 fully saturated rings. The van der Waals surface area contributed by atoms with Crippen molar-refractivity contribution in [3.8, 4) is 11.5 Å². The number of carbonyl (C=O) groups excluding carboxylic acids is 1. The van der Waals surface area contributed by atoms with Crippen LogP contribution < -0.4 is 15.5 Å². The van der Waals surface area contributed by atoms with Gasteiger partial charge in [-0.05, 0) is 35.9 Å². The van der Waals surface area contributed by atoms with Gasteiger partial charge in [0.2, 0.25) is 0 Å². The highest BCUT2D eigenvalue weighted by molar-refractivity contribution is 6.02. The normalized spacial score (nSPS) is 12.1. The average Bonchev–Trinajstić information content (AvgIpc) is 2.69. The Morgan fingerprint density at radius 1 is 1.11 bits per heavy atom. The molecule has 0 spiro atoms. The number of fused-ring (bicyclic) bond motifs is 1. The van der Waals surface area contributed by atoms with Crippen LogP contribution in [0.15, 0.2) is 65.8 Å². The van der Waals surface area contributed by atoms with E-state index >= 15 is 0 Å². The minimum absolute atomic E-state index is 0.104. The van der Waals surface area contributed by atoms with Crippen LogP contribution in [0.5, 0.6) is 11.5 Å². The Labute approximate surface area is 157 Å². The summed E-state index contributed by atoms with van der Waals surface area (Å²) in [7, 11) is 1.58. The van der Waals surface area contributed by atoms with Crippen LogP contribution in [0, 0.1) is 0 Å². The van der Waals surface area contributed by atoms with Gasteiger partial charge >= 0.3 is 0 Å². The number of nitrogens with one attached hydrogen (secondary N) is 2. The summed E-state index contributed by atoms with van der Waals surface area (Å²) in [6.07, 6.45) is 1.45. The number of phenolic OH excluding ortho intramolecular Hbond substituents is 1. The number of rotatable bonds is 6. The third-order valence-electron chi connectivity index (χ3n) is 4.19. The molecule has 0 aliphatic heterocycles. The molecule has 0 aromatic heterocycles. The van der Waals surface area contributed by atoms with Crippen molar-refractivity contribution >= 4 is 28.6 Å². The smallest absolute Gasteiger partial charge is 0.262 e. The predicted octanol–water partition coefficient (Wildman–Crippen LogP) is 3.50.